The van der Waals surface area contributed by atoms with Gasteiger partial charge < -0.3 is 14.8 Å². The third-order valence-corrected chi connectivity index (χ3v) is 7.20. The first kappa shape index (κ1) is 20.8. The number of carbonyl (C=O) groups excluding carboxylic acids is 1. The van der Waals surface area contributed by atoms with Gasteiger partial charge >= 0.3 is 0 Å². The number of ether oxygens (including phenoxy) is 2. The molecule has 5 nitrogen and oxygen atoms in total. The Labute approximate surface area is 189 Å². The minimum Gasteiger partial charge on any atom is -0.497 e. The van der Waals surface area contributed by atoms with Crippen LogP contribution in [0.1, 0.15) is 35.2 Å². The zero-order valence-electron chi connectivity index (χ0n) is 18.8. The third kappa shape index (κ3) is 4.05. The van der Waals surface area contributed by atoms with Crippen molar-refractivity contribution >= 4 is 16.7 Å². The second-order valence-corrected chi connectivity index (χ2v) is 9.12. The van der Waals surface area contributed by atoms with Crippen molar-refractivity contribution in [2.45, 2.75) is 31.8 Å². The number of benzene rings is 3. The Hall–Kier alpha value is -3.05. The molecule has 5 rings (SSSR count). The largest absolute Gasteiger partial charge is 0.497 e. The number of hydrogen-bond donors (Lipinski definition) is 1. The van der Waals surface area contributed by atoms with Crippen LogP contribution in [0.25, 0.3) is 10.8 Å². The molecule has 1 aliphatic heterocycles. The lowest BCUT2D eigenvalue weighted by molar-refractivity contribution is 0.0935. The molecule has 3 aromatic carbocycles. The molecule has 1 saturated heterocycles. The van der Waals surface area contributed by atoms with Crippen molar-refractivity contribution in [1.82, 2.24) is 10.2 Å². The lowest BCUT2D eigenvalue weighted by atomic mass is 9.92. The molecule has 1 atom stereocenters. The van der Waals surface area contributed by atoms with Crippen LogP contribution in [-0.2, 0) is 6.54 Å². The van der Waals surface area contributed by atoms with E-state index in [9.17, 15) is 4.79 Å². The van der Waals surface area contributed by atoms with Crippen LogP contribution in [0.2, 0.25) is 0 Å². The van der Waals surface area contributed by atoms with Crippen molar-refractivity contribution in [2.75, 3.05) is 27.3 Å². The van der Waals surface area contributed by atoms with Crippen LogP contribution in [0, 0.1) is 5.41 Å². The van der Waals surface area contributed by atoms with Gasteiger partial charge in [-0.2, -0.15) is 0 Å². The van der Waals surface area contributed by atoms with Gasteiger partial charge in [-0.3, -0.25) is 9.69 Å². The van der Waals surface area contributed by atoms with E-state index in [0.29, 0.717) is 0 Å². The summed E-state index contributed by atoms with van der Waals surface area (Å²) in [6.07, 6.45) is 3.33. The molecule has 5 heteroatoms. The maximum atomic E-state index is 13.0. The number of amides is 1. The molecule has 1 saturated carbocycles. The van der Waals surface area contributed by atoms with Crippen molar-refractivity contribution in [3.8, 4) is 11.5 Å². The first-order valence-electron chi connectivity index (χ1n) is 11.3. The van der Waals surface area contributed by atoms with E-state index in [-0.39, 0.29) is 17.4 Å². The van der Waals surface area contributed by atoms with Gasteiger partial charge in [-0.25, -0.2) is 0 Å². The summed E-state index contributed by atoms with van der Waals surface area (Å²) in [4.78, 5) is 15.5. The van der Waals surface area contributed by atoms with E-state index in [2.05, 4.69) is 34.5 Å². The number of hydrogen-bond acceptors (Lipinski definition) is 4. The van der Waals surface area contributed by atoms with Crippen molar-refractivity contribution in [1.29, 1.82) is 0 Å². The van der Waals surface area contributed by atoms with E-state index in [1.165, 1.54) is 5.56 Å². The quantitative estimate of drug-likeness (QED) is 0.619. The minimum atomic E-state index is 0.0505. The average Bonchev–Trinajstić information content (AvgIpc) is 3.50. The highest BCUT2D eigenvalue weighted by Gasteiger charge is 2.55. The van der Waals surface area contributed by atoms with Gasteiger partial charge in [-0.05, 0) is 72.3 Å². The van der Waals surface area contributed by atoms with Gasteiger partial charge in [-0.15, -0.1) is 0 Å². The molecule has 166 valence electrons. The van der Waals surface area contributed by atoms with Crippen LogP contribution >= 0.6 is 0 Å². The molecule has 1 unspecified atom stereocenters. The number of carbonyl (C=O) groups is 1. The van der Waals surface area contributed by atoms with Gasteiger partial charge in [0.2, 0.25) is 0 Å². The van der Waals surface area contributed by atoms with Gasteiger partial charge in [-0.1, -0.05) is 36.4 Å². The molecule has 0 bridgehead atoms. The standard InChI is InChI=1S/C27H30N2O3/c1-31-21-14-19(15-22(16-21)32-2)18-29-12-10-27(11-13-29)17-25(27)28-26(30)24-9-5-7-20-6-3-4-8-23(20)24/h3-9,14-16,25H,10-13,17-18H2,1-2H3,(H,28,30). The Kier molecular flexibility index (Phi) is 5.51. The number of fused-ring (bicyclic) bond motifs is 1. The third-order valence-electron chi connectivity index (χ3n) is 7.20. The molecule has 0 aromatic heterocycles. The van der Waals surface area contributed by atoms with Gasteiger partial charge in [0.05, 0.1) is 14.2 Å². The SMILES string of the molecule is COc1cc(CN2CCC3(CC2)CC3NC(=O)c2cccc3ccccc23)cc(OC)c1. The first-order chi connectivity index (χ1) is 15.6. The summed E-state index contributed by atoms with van der Waals surface area (Å²) in [6.45, 7) is 2.97. The Morgan fingerprint density at radius 3 is 2.41 bits per heavy atom. The Bertz CT molecular complexity index is 1110. The molecule has 1 N–H and O–H groups in total. The molecule has 1 heterocycles. The fraction of sp³-hybridized carbons (Fsp3) is 0.370. The summed E-state index contributed by atoms with van der Waals surface area (Å²) >= 11 is 0. The van der Waals surface area contributed by atoms with Crippen LogP contribution in [0.3, 0.4) is 0 Å². The zero-order valence-corrected chi connectivity index (χ0v) is 18.8. The maximum absolute atomic E-state index is 13.0. The smallest absolute Gasteiger partial charge is 0.252 e. The lowest BCUT2D eigenvalue weighted by Crippen LogP contribution is -2.38. The number of piperidine rings is 1. The molecule has 0 radical (unpaired) electrons. The predicted octanol–water partition coefficient (Wildman–Crippen LogP) is 4.64. The van der Waals surface area contributed by atoms with Crippen LogP contribution in [0.5, 0.6) is 11.5 Å². The number of nitrogens with zero attached hydrogens (tertiary/aromatic N) is 1. The summed E-state index contributed by atoms with van der Waals surface area (Å²) < 4.78 is 10.8. The first-order valence-corrected chi connectivity index (χ1v) is 11.3. The Morgan fingerprint density at radius 1 is 1.00 bits per heavy atom. The molecule has 3 aromatic rings. The lowest BCUT2D eigenvalue weighted by Gasteiger charge is -2.33. The normalized spacial score (nSPS) is 19.6. The summed E-state index contributed by atoms with van der Waals surface area (Å²) in [7, 11) is 3.37. The number of nitrogens with one attached hydrogen (secondary N) is 1. The summed E-state index contributed by atoms with van der Waals surface area (Å²) in [5, 5.41) is 5.45. The molecule has 2 fully saturated rings. The molecule has 2 aliphatic rings. The molecule has 1 spiro atoms. The summed E-state index contributed by atoms with van der Waals surface area (Å²) in [5.41, 5.74) is 2.24. The van der Waals surface area contributed by atoms with E-state index in [1.54, 1.807) is 14.2 Å². The minimum absolute atomic E-state index is 0.0505. The Balaban J connectivity index is 1.19. The average molecular weight is 431 g/mol. The van der Waals surface area contributed by atoms with E-state index < -0.39 is 0 Å². The number of methoxy groups -OCH3 is 2. The zero-order chi connectivity index (χ0) is 22.1. The van der Waals surface area contributed by atoms with Crippen LogP contribution < -0.4 is 14.8 Å². The van der Waals surface area contributed by atoms with E-state index in [0.717, 1.165) is 66.7 Å². The highest BCUT2D eigenvalue weighted by molar-refractivity contribution is 6.07. The van der Waals surface area contributed by atoms with Gasteiger partial charge in [0, 0.05) is 24.2 Å². The van der Waals surface area contributed by atoms with E-state index in [4.69, 9.17) is 9.47 Å². The summed E-state index contributed by atoms with van der Waals surface area (Å²) in [5.74, 6) is 1.70. The molecule has 1 aliphatic carbocycles. The van der Waals surface area contributed by atoms with Crippen molar-refractivity contribution in [2.24, 2.45) is 5.41 Å². The highest BCUT2D eigenvalue weighted by Crippen LogP contribution is 2.54. The van der Waals surface area contributed by atoms with E-state index in [1.807, 2.05) is 36.4 Å². The fourth-order valence-corrected chi connectivity index (χ4v) is 5.14. The van der Waals surface area contributed by atoms with Crippen LogP contribution in [0.15, 0.2) is 60.7 Å². The fourth-order valence-electron chi connectivity index (χ4n) is 5.14. The van der Waals surface area contributed by atoms with Crippen LogP contribution in [-0.4, -0.2) is 44.2 Å². The second kappa shape index (κ2) is 8.47. The van der Waals surface area contributed by atoms with Crippen molar-refractivity contribution in [3.05, 3.63) is 71.8 Å². The second-order valence-electron chi connectivity index (χ2n) is 9.12. The number of likely N-dealkylation sites (tertiary alicyclic amines) is 1. The number of rotatable bonds is 6. The topological polar surface area (TPSA) is 50.8 Å². The molecular weight excluding hydrogens is 400 g/mol. The van der Waals surface area contributed by atoms with Gasteiger partial charge in [0.1, 0.15) is 11.5 Å². The molecule has 32 heavy (non-hydrogen) atoms. The maximum Gasteiger partial charge on any atom is 0.252 e. The summed E-state index contributed by atoms with van der Waals surface area (Å²) in [6, 6.07) is 20.4. The molecule has 1 amide bonds. The van der Waals surface area contributed by atoms with Crippen molar-refractivity contribution in [3.63, 3.8) is 0 Å². The van der Waals surface area contributed by atoms with E-state index >= 15 is 0 Å². The molecular formula is C27H30N2O3. The van der Waals surface area contributed by atoms with Gasteiger partial charge in [0.15, 0.2) is 0 Å². The predicted molar refractivity (Wildman–Crippen MR) is 126 cm³/mol. The highest BCUT2D eigenvalue weighted by atomic mass is 16.5. The van der Waals surface area contributed by atoms with Crippen LogP contribution in [0.4, 0.5) is 0 Å². The monoisotopic (exact) mass is 430 g/mol. The van der Waals surface area contributed by atoms with Gasteiger partial charge in [0.25, 0.3) is 5.91 Å². The Morgan fingerprint density at radius 2 is 1.69 bits per heavy atom. The van der Waals surface area contributed by atoms with Crippen molar-refractivity contribution < 1.29 is 14.3 Å².